The van der Waals surface area contributed by atoms with Crippen molar-refractivity contribution in [3.05, 3.63) is 59.1 Å². The summed E-state index contributed by atoms with van der Waals surface area (Å²) in [7, 11) is 2.07. The van der Waals surface area contributed by atoms with Crippen LogP contribution in [0.25, 0.3) is 0 Å². The van der Waals surface area contributed by atoms with Gasteiger partial charge in [-0.25, -0.2) is 0 Å². The summed E-state index contributed by atoms with van der Waals surface area (Å²) in [5.74, 6) is 0. The number of hydrogen-bond acceptors (Lipinski definition) is 2. The van der Waals surface area contributed by atoms with Gasteiger partial charge in [0.05, 0.1) is 0 Å². The highest BCUT2D eigenvalue weighted by atomic mass is 35.5. The number of hydrogen-bond donors (Lipinski definition) is 1. The van der Waals surface area contributed by atoms with Gasteiger partial charge in [-0.15, -0.1) is 0 Å². The van der Waals surface area contributed by atoms with Gasteiger partial charge in [0.1, 0.15) is 0 Å². The second kappa shape index (κ2) is 6.60. The van der Waals surface area contributed by atoms with Crippen molar-refractivity contribution in [2.45, 2.75) is 13.5 Å². The van der Waals surface area contributed by atoms with Gasteiger partial charge in [0, 0.05) is 35.6 Å². The first-order valence-corrected chi connectivity index (χ1v) is 6.88. The fraction of sp³-hybridized carbons (Fsp3) is 0.250. The van der Waals surface area contributed by atoms with Crippen LogP contribution in [0.4, 0.5) is 11.4 Å². The van der Waals surface area contributed by atoms with Crippen molar-refractivity contribution in [2.24, 2.45) is 0 Å². The monoisotopic (exact) mass is 274 g/mol. The van der Waals surface area contributed by atoms with Crippen LogP contribution in [0.15, 0.2) is 48.5 Å². The molecular formula is C16H19ClN2. The van der Waals surface area contributed by atoms with Crippen molar-refractivity contribution in [1.29, 1.82) is 0 Å². The highest BCUT2D eigenvalue weighted by Crippen LogP contribution is 2.31. The predicted molar refractivity (Wildman–Crippen MR) is 83.3 cm³/mol. The van der Waals surface area contributed by atoms with Gasteiger partial charge in [-0.05, 0) is 30.8 Å². The van der Waals surface area contributed by atoms with Crippen LogP contribution in [0.1, 0.15) is 12.5 Å². The highest BCUT2D eigenvalue weighted by molar-refractivity contribution is 6.31. The second-order valence-corrected chi connectivity index (χ2v) is 4.82. The number of nitrogens with zero attached hydrogens (tertiary/aromatic N) is 1. The molecule has 2 rings (SSSR count). The van der Waals surface area contributed by atoms with E-state index in [-0.39, 0.29) is 0 Å². The molecular weight excluding hydrogens is 256 g/mol. The molecule has 0 fully saturated rings. The largest absolute Gasteiger partial charge is 0.344 e. The van der Waals surface area contributed by atoms with Crippen LogP contribution in [-0.4, -0.2) is 13.6 Å². The quantitative estimate of drug-likeness (QED) is 0.878. The van der Waals surface area contributed by atoms with E-state index in [1.165, 1.54) is 0 Å². The molecule has 0 saturated carbocycles. The Balaban J connectivity index is 2.36. The second-order valence-electron chi connectivity index (χ2n) is 4.41. The van der Waals surface area contributed by atoms with Gasteiger partial charge in [0.25, 0.3) is 0 Å². The summed E-state index contributed by atoms with van der Waals surface area (Å²) in [6.45, 7) is 3.81. The Labute approximate surface area is 120 Å². The minimum atomic E-state index is 0.780. The molecule has 0 spiro atoms. The Morgan fingerprint density at radius 3 is 2.47 bits per heavy atom. The van der Waals surface area contributed by atoms with Crippen molar-refractivity contribution < 1.29 is 0 Å². The fourth-order valence-electron chi connectivity index (χ4n) is 2.08. The van der Waals surface area contributed by atoms with Gasteiger partial charge in [-0.2, -0.15) is 0 Å². The van der Waals surface area contributed by atoms with Gasteiger partial charge in [0.2, 0.25) is 0 Å². The molecule has 0 aliphatic heterocycles. The van der Waals surface area contributed by atoms with E-state index >= 15 is 0 Å². The summed E-state index contributed by atoms with van der Waals surface area (Å²) < 4.78 is 0. The van der Waals surface area contributed by atoms with E-state index in [0.29, 0.717) is 0 Å². The summed E-state index contributed by atoms with van der Waals surface area (Å²) in [4.78, 5) is 2.17. The van der Waals surface area contributed by atoms with Gasteiger partial charge in [0.15, 0.2) is 0 Å². The maximum absolute atomic E-state index is 6.33. The summed E-state index contributed by atoms with van der Waals surface area (Å²) in [5, 5.41) is 4.15. The Bertz CT molecular complexity index is 526. The maximum atomic E-state index is 6.33. The Kier molecular flexibility index (Phi) is 4.83. The fourth-order valence-corrected chi connectivity index (χ4v) is 2.31. The molecule has 3 heteroatoms. The third kappa shape index (κ3) is 3.28. The molecule has 0 saturated heterocycles. The minimum absolute atomic E-state index is 0.780. The smallest absolute Gasteiger partial charge is 0.0471 e. The molecule has 0 aromatic heterocycles. The summed E-state index contributed by atoms with van der Waals surface area (Å²) in [5.41, 5.74) is 3.43. The number of benzene rings is 2. The number of rotatable bonds is 5. The zero-order valence-corrected chi connectivity index (χ0v) is 12.1. The average molecular weight is 275 g/mol. The van der Waals surface area contributed by atoms with E-state index in [1.54, 1.807) is 0 Å². The van der Waals surface area contributed by atoms with E-state index in [2.05, 4.69) is 42.4 Å². The molecule has 0 amide bonds. The first-order valence-electron chi connectivity index (χ1n) is 6.51. The Hall–Kier alpha value is -1.51. The minimum Gasteiger partial charge on any atom is -0.344 e. The highest BCUT2D eigenvalue weighted by Gasteiger charge is 2.11. The lowest BCUT2D eigenvalue weighted by atomic mass is 10.1. The van der Waals surface area contributed by atoms with Gasteiger partial charge in [-0.3, -0.25) is 0 Å². The zero-order chi connectivity index (χ0) is 13.7. The Morgan fingerprint density at radius 2 is 1.79 bits per heavy atom. The third-order valence-electron chi connectivity index (χ3n) is 3.15. The molecule has 0 unspecified atom stereocenters. The maximum Gasteiger partial charge on any atom is 0.0471 e. The molecule has 0 aliphatic carbocycles. The van der Waals surface area contributed by atoms with Crippen LogP contribution in [-0.2, 0) is 6.54 Å². The number of anilines is 2. The number of para-hydroxylation sites is 1. The molecule has 0 atom stereocenters. The molecule has 0 bridgehead atoms. The average Bonchev–Trinajstić information content (AvgIpc) is 2.46. The van der Waals surface area contributed by atoms with Crippen LogP contribution < -0.4 is 10.2 Å². The van der Waals surface area contributed by atoms with E-state index in [0.717, 1.165) is 35.1 Å². The standard InChI is InChI=1S/C16H19ClN2/c1-3-18-12-14-15(17)10-7-11-16(14)19(2)13-8-5-4-6-9-13/h4-11,18H,3,12H2,1-2H3. The van der Waals surface area contributed by atoms with Crippen LogP contribution in [0, 0.1) is 0 Å². The molecule has 2 aromatic rings. The molecule has 1 N–H and O–H groups in total. The summed E-state index contributed by atoms with van der Waals surface area (Å²) in [6, 6.07) is 16.3. The van der Waals surface area contributed by atoms with Crippen molar-refractivity contribution >= 4 is 23.0 Å². The van der Waals surface area contributed by atoms with Crippen LogP contribution in [0.3, 0.4) is 0 Å². The van der Waals surface area contributed by atoms with E-state index in [1.807, 2.05) is 30.3 Å². The third-order valence-corrected chi connectivity index (χ3v) is 3.50. The predicted octanol–water partition coefficient (Wildman–Crippen LogP) is 4.22. The lowest BCUT2D eigenvalue weighted by Gasteiger charge is -2.23. The zero-order valence-electron chi connectivity index (χ0n) is 11.4. The van der Waals surface area contributed by atoms with Gasteiger partial charge in [-0.1, -0.05) is 42.8 Å². The summed E-state index contributed by atoms with van der Waals surface area (Å²) >= 11 is 6.33. The van der Waals surface area contributed by atoms with Crippen LogP contribution >= 0.6 is 11.6 Å². The lowest BCUT2D eigenvalue weighted by molar-refractivity contribution is 0.726. The SMILES string of the molecule is CCNCc1c(Cl)cccc1N(C)c1ccccc1. The van der Waals surface area contributed by atoms with E-state index < -0.39 is 0 Å². The topological polar surface area (TPSA) is 15.3 Å². The number of halogens is 1. The molecule has 0 heterocycles. The molecule has 19 heavy (non-hydrogen) atoms. The molecule has 2 nitrogen and oxygen atoms in total. The van der Waals surface area contributed by atoms with Crippen LogP contribution in [0.2, 0.25) is 5.02 Å². The summed E-state index contributed by atoms with van der Waals surface area (Å²) in [6.07, 6.45) is 0. The first kappa shape index (κ1) is 13.9. The van der Waals surface area contributed by atoms with Crippen molar-refractivity contribution in [3.8, 4) is 0 Å². The van der Waals surface area contributed by atoms with E-state index in [4.69, 9.17) is 11.6 Å². The molecule has 0 radical (unpaired) electrons. The molecule has 100 valence electrons. The van der Waals surface area contributed by atoms with E-state index in [9.17, 15) is 0 Å². The lowest BCUT2D eigenvalue weighted by Crippen LogP contribution is -2.17. The van der Waals surface area contributed by atoms with Crippen LogP contribution in [0.5, 0.6) is 0 Å². The first-order chi connectivity index (χ1) is 9.24. The normalized spacial score (nSPS) is 10.5. The van der Waals surface area contributed by atoms with Crippen molar-refractivity contribution in [3.63, 3.8) is 0 Å². The molecule has 2 aromatic carbocycles. The number of nitrogens with one attached hydrogen (secondary N) is 1. The van der Waals surface area contributed by atoms with Crippen molar-refractivity contribution in [2.75, 3.05) is 18.5 Å². The van der Waals surface area contributed by atoms with Crippen molar-refractivity contribution in [1.82, 2.24) is 5.32 Å². The molecule has 0 aliphatic rings. The van der Waals surface area contributed by atoms with Gasteiger partial charge < -0.3 is 10.2 Å². The Morgan fingerprint density at radius 1 is 1.05 bits per heavy atom. The van der Waals surface area contributed by atoms with Gasteiger partial charge >= 0.3 is 0 Å².